The topological polar surface area (TPSA) is 76.7 Å². The third kappa shape index (κ3) is 5.74. The molecular formula is C21H26N2O4. The number of amides is 2. The SMILES string of the molecule is CCOc1ccc(C(=O)NCC(=O)Nc2ccccc2CC)cc1OCC. The molecule has 0 bridgehead atoms. The number of aryl methyl sites for hydroxylation is 1. The molecule has 6 nitrogen and oxygen atoms in total. The van der Waals surface area contributed by atoms with Crippen LogP contribution in [0.5, 0.6) is 11.5 Å². The van der Waals surface area contributed by atoms with Gasteiger partial charge in [0, 0.05) is 11.3 Å². The third-order valence-electron chi connectivity index (χ3n) is 3.89. The van der Waals surface area contributed by atoms with Crippen LogP contribution in [0.25, 0.3) is 0 Å². The van der Waals surface area contributed by atoms with Crippen molar-refractivity contribution in [3.8, 4) is 11.5 Å². The van der Waals surface area contributed by atoms with E-state index in [0.717, 1.165) is 17.7 Å². The number of ether oxygens (including phenoxy) is 2. The minimum absolute atomic E-state index is 0.117. The second kappa shape index (κ2) is 10.2. The summed E-state index contributed by atoms with van der Waals surface area (Å²) in [6.07, 6.45) is 0.815. The molecule has 0 radical (unpaired) electrons. The predicted octanol–water partition coefficient (Wildman–Crippen LogP) is 3.41. The zero-order chi connectivity index (χ0) is 19.6. The number of nitrogens with one attached hydrogen (secondary N) is 2. The predicted molar refractivity (Wildman–Crippen MR) is 106 cm³/mol. The molecule has 0 unspecified atom stereocenters. The largest absolute Gasteiger partial charge is 0.490 e. The highest BCUT2D eigenvalue weighted by molar-refractivity contribution is 5.99. The normalized spacial score (nSPS) is 10.2. The van der Waals surface area contributed by atoms with E-state index in [1.54, 1.807) is 18.2 Å². The lowest BCUT2D eigenvalue weighted by Crippen LogP contribution is -2.33. The number of para-hydroxylation sites is 1. The van der Waals surface area contributed by atoms with Crippen LogP contribution in [0, 0.1) is 0 Å². The van der Waals surface area contributed by atoms with Gasteiger partial charge in [-0.2, -0.15) is 0 Å². The number of hydrogen-bond acceptors (Lipinski definition) is 4. The van der Waals surface area contributed by atoms with Crippen LogP contribution in [-0.2, 0) is 11.2 Å². The number of benzene rings is 2. The van der Waals surface area contributed by atoms with Crippen molar-refractivity contribution in [2.75, 3.05) is 25.1 Å². The van der Waals surface area contributed by atoms with Crippen LogP contribution in [0.1, 0.15) is 36.7 Å². The molecule has 0 aliphatic heterocycles. The number of carbonyl (C=O) groups is 2. The minimum atomic E-state index is -0.349. The van der Waals surface area contributed by atoms with Gasteiger partial charge in [0.15, 0.2) is 11.5 Å². The van der Waals surface area contributed by atoms with Gasteiger partial charge in [-0.05, 0) is 50.1 Å². The molecule has 0 saturated carbocycles. The van der Waals surface area contributed by atoms with E-state index in [-0.39, 0.29) is 18.4 Å². The van der Waals surface area contributed by atoms with Gasteiger partial charge in [0.25, 0.3) is 5.91 Å². The maximum Gasteiger partial charge on any atom is 0.251 e. The van der Waals surface area contributed by atoms with Gasteiger partial charge in [0.05, 0.1) is 19.8 Å². The summed E-state index contributed by atoms with van der Waals surface area (Å²) in [5.74, 6) is 0.469. The monoisotopic (exact) mass is 370 g/mol. The second-order valence-electron chi connectivity index (χ2n) is 5.77. The number of rotatable bonds is 9. The quantitative estimate of drug-likeness (QED) is 0.709. The van der Waals surface area contributed by atoms with Gasteiger partial charge >= 0.3 is 0 Å². The second-order valence-corrected chi connectivity index (χ2v) is 5.77. The molecule has 0 spiro atoms. The van der Waals surface area contributed by atoms with Gasteiger partial charge in [0.2, 0.25) is 5.91 Å². The molecule has 2 aromatic carbocycles. The van der Waals surface area contributed by atoms with E-state index in [9.17, 15) is 9.59 Å². The Labute approximate surface area is 159 Å². The Bertz CT molecular complexity index is 790. The summed E-state index contributed by atoms with van der Waals surface area (Å²) < 4.78 is 11.0. The molecule has 0 aliphatic rings. The fraction of sp³-hybridized carbons (Fsp3) is 0.333. The zero-order valence-corrected chi connectivity index (χ0v) is 16.0. The average molecular weight is 370 g/mol. The highest BCUT2D eigenvalue weighted by Crippen LogP contribution is 2.28. The van der Waals surface area contributed by atoms with Crippen LogP contribution in [0.4, 0.5) is 5.69 Å². The van der Waals surface area contributed by atoms with Crippen molar-refractivity contribution in [3.05, 3.63) is 53.6 Å². The number of anilines is 1. The van der Waals surface area contributed by atoms with Crippen molar-refractivity contribution >= 4 is 17.5 Å². The van der Waals surface area contributed by atoms with Crippen LogP contribution in [0.15, 0.2) is 42.5 Å². The molecule has 0 atom stereocenters. The first-order valence-electron chi connectivity index (χ1n) is 9.14. The lowest BCUT2D eigenvalue weighted by atomic mass is 10.1. The Hall–Kier alpha value is -3.02. The molecule has 0 saturated heterocycles. The van der Waals surface area contributed by atoms with E-state index in [2.05, 4.69) is 10.6 Å². The lowest BCUT2D eigenvalue weighted by Gasteiger charge is -2.13. The number of carbonyl (C=O) groups excluding carboxylic acids is 2. The lowest BCUT2D eigenvalue weighted by molar-refractivity contribution is -0.115. The average Bonchev–Trinajstić information content (AvgIpc) is 2.68. The van der Waals surface area contributed by atoms with E-state index in [1.807, 2.05) is 45.0 Å². The van der Waals surface area contributed by atoms with E-state index in [1.165, 1.54) is 0 Å². The Kier molecular flexibility index (Phi) is 7.67. The molecule has 0 heterocycles. The molecule has 0 aromatic heterocycles. The van der Waals surface area contributed by atoms with Gasteiger partial charge in [-0.15, -0.1) is 0 Å². The van der Waals surface area contributed by atoms with Gasteiger partial charge < -0.3 is 20.1 Å². The van der Waals surface area contributed by atoms with Crippen LogP contribution in [0.2, 0.25) is 0 Å². The molecule has 2 N–H and O–H groups in total. The summed E-state index contributed by atoms with van der Waals surface area (Å²) >= 11 is 0. The summed E-state index contributed by atoms with van der Waals surface area (Å²) in [5, 5.41) is 5.46. The Morgan fingerprint density at radius 2 is 1.63 bits per heavy atom. The summed E-state index contributed by atoms with van der Waals surface area (Å²) in [6.45, 7) is 6.62. The number of hydrogen-bond donors (Lipinski definition) is 2. The zero-order valence-electron chi connectivity index (χ0n) is 16.0. The molecule has 2 amide bonds. The molecule has 0 aliphatic carbocycles. The van der Waals surface area contributed by atoms with Crippen molar-refractivity contribution < 1.29 is 19.1 Å². The summed E-state index contributed by atoms with van der Waals surface area (Å²) in [7, 11) is 0. The van der Waals surface area contributed by atoms with E-state index >= 15 is 0 Å². The summed E-state index contributed by atoms with van der Waals surface area (Å²) in [6, 6.07) is 12.6. The van der Waals surface area contributed by atoms with Crippen molar-refractivity contribution in [2.45, 2.75) is 27.2 Å². The molecule has 2 aromatic rings. The Morgan fingerprint density at radius 3 is 2.33 bits per heavy atom. The molecule has 0 fully saturated rings. The highest BCUT2D eigenvalue weighted by Gasteiger charge is 2.13. The molecule has 144 valence electrons. The molecule has 6 heteroatoms. The summed E-state index contributed by atoms with van der Waals surface area (Å²) in [4.78, 5) is 24.5. The third-order valence-corrected chi connectivity index (χ3v) is 3.89. The van der Waals surface area contributed by atoms with Gasteiger partial charge in [-0.1, -0.05) is 25.1 Å². The maximum absolute atomic E-state index is 12.4. The smallest absolute Gasteiger partial charge is 0.251 e. The molecular weight excluding hydrogens is 344 g/mol. The highest BCUT2D eigenvalue weighted by atomic mass is 16.5. The fourth-order valence-electron chi connectivity index (χ4n) is 2.60. The van der Waals surface area contributed by atoms with Crippen LogP contribution in [-0.4, -0.2) is 31.6 Å². The maximum atomic E-state index is 12.4. The van der Waals surface area contributed by atoms with Gasteiger partial charge in [-0.25, -0.2) is 0 Å². The Morgan fingerprint density at radius 1 is 0.926 bits per heavy atom. The van der Waals surface area contributed by atoms with Crippen LogP contribution >= 0.6 is 0 Å². The minimum Gasteiger partial charge on any atom is -0.490 e. The van der Waals surface area contributed by atoms with E-state index in [0.29, 0.717) is 30.3 Å². The van der Waals surface area contributed by atoms with Gasteiger partial charge in [-0.3, -0.25) is 9.59 Å². The van der Waals surface area contributed by atoms with Crippen molar-refractivity contribution in [3.63, 3.8) is 0 Å². The van der Waals surface area contributed by atoms with E-state index in [4.69, 9.17) is 9.47 Å². The first kappa shape index (κ1) is 20.3. The van der Waals surface area contributed by atoms with Crippen molar-refractivity contribution in [1.29, 1.82) is 0 Å². The summed E-state index contributed by atoms with van der Waals surface area (Å²) in [5.41, 5.74) is 2.22. The van der Waals surface area contributed by atoms with Gasteiger partial charge in [0.1, 0.15) is 0 Å². The van der Waals surface area contributed by atoms with Crippen LogP contribution < -0.4 is 20.1 Å². The molecule has 27 heavy (non-hydrogen) atoms. The van der Waals surface area contributed by atoms with Crippen LogP contribution in [0.3, 0.4) is 0 Å². The Balaban J connectivity index is 1.98. The first-order chi connectivity index (χ1) is 13.1. The first-order valence-corrected chi connectivity index (χ1v) is 9.14. The van der Waals surface area contributed by atoms with Crippen molar-refractivity contribution in [1.82, 2.24) is 5.32 Å². The van der Waals surface area contributed by atoms with Crippen molar-refractivity contribution in [2.24, 2.45) is 0 Å². The standard InChI is InChI=1S/C21H26N2O4/c1-4-15-9-7-8-10-17(15)23-20(24)14-22-21(25)16-11-12-18(26-5-2)19(13-16)27-6-3/h7-13H,4-6,14H2,1-3H3,(H,22,25)(H,23,24). The fourth-order valence-corrected chi connectivity index (χ4v) is 2.60. The van der Waals surface area contributed by atoms with E-state index < -0.39 is 0 Å². The molecule has 2 rings (SSSR count).